The Hall–Kier alpha value is -0.850. The monoisotopic (exact) mass is 387 g/mol. The van der Waals surface area contributed by atoms with E-state index in [1.165, 1.54) is 0 Å². The van der Waals surface area contributed by atoms with E-state index in [1.54, 1.807) is 7.11 Å². The second-order valence-electron chi connectivity index (χ2n) is 6.59. The molecule has 140 valence electrons. The van der Waals surface area contributed by atoms with Gasteiger partial charge in [0.15, 0.2) is 0 Å². The van der Waals surface area contributed by atoms with Gasteiger partial charge in [0, 0.05) is 63.6 Å². The number of hydrogen-bond donors (Lipinski definition) is 0. The van der Waals surface area contributed by atoms with Crippen molar-refractivity contribution in [2.24, 2.45) is 5.92 Å². The number of nitrogens with zero attached hydrogens (tertiary/aromatic N) is 3. The molecule has 0 spiro atoms. The van der Waals surface area contributed by atoms with Crippen molar-refractivity contribution in [2.75, 3.05) is 64.4 Å². The molecule has 2 saturated heterocycles. The van der Waals surface area contributed by atoms with E-state index in [0.717, 1.165) is 64.5 Å². The smallest absolute Gasteiger partial charge is 0.231 e. The van der Waals surface area contributed by atoms with E-state index < -0.39 is 0 Å². The van der Waals surface area contributed by atoms with Crippen LogP contribution in [0, 0.1) is 5.92 Å². The average Bonchev–Trinajstić information content (AvgIpc) is 2.96. The first kappa shape index (κ1) is 20.5. The molecule has 1 atom stereocenters. The predicted molar refractivity (Wildman–Crippen MR) is 104 cm³/mol. The van der Waals surface area contributed by atoms with E-state index in [0.29, 0.717) is 5.02 Å². The van der Waals surface area contributed by atoms with E-state index in [9.17, 15) is 4.79 Å². The number of benzene rings is 1. The maximum atomic E-state index is 12.7. The fraction of sp³-hybridized carbons (Fsp3) is 0.611. The summed E-state index contributed by atoms with van der Waals surface area (Å²) in [4.78, 5) is 19.5. The number of rotatable bonds is 6. The Labute approximate surface area is 161 Å². The topological polar surface area (TPSA) is 36.0 Å². The maximum Gasteiger partial charge on any atom is 0.231 e. The summed E-state index contributed by atoms with van der Waals surface area (Å²) in [5.74, 6) is 0.366. The molecule has 0 N–H and O–H groups in total. The van der Waals surface area contributed by atoms with Crippen molar-refractivity contribution in [2.45, 2.75) is 6.42 Å². The number of halogens is 2. The van der Waals surface area contributed by atoms with E-state index in [-0.39, 0.29) is 24.2 Å². The van der Waals surface area contributed by atoms with E-state index in [2.05, 4.69) is 9.80 Å². The van der Waals surface area contributed by atoms with Crippen LogP contribution in [-0.2, 0) is 9.53 Å². The van der Waals surface area contributed by atoms with Crippen LogP contribution in [0.25, 0.3) is 0 Å². The number of piperazine rings is 1. The molecule has 2 aliphatic heterocycles. The molecule has 2 heterocycles. The highest BCUT2D eigenvalue weighted by molar-refractivity contribution is 6.30. The number of methoxy groups -OCH3 is 1. The summed E-state index contributed by atoms with van der Waals surface area (Å²) in [5.41, 5.74) is 0.955. The fourth-order valence-electron chi connectivity index (χ4n) is 3.51. The molecular weight excluding hydrogens is 361 g/mol. The van der Waals surface area contributed by atoms with Gasteiger partial charge in [-0.15, -0.1) is 12.4 Å². The van der Waals surface area contributed by atoms with Crippen LogP contribution < -0.4 is 4.90 Å². The highest BCUT2D eigenvalue weighted by Gasteiger charge is 2.34. The van der Waals surface area contributed by atoms with Crippen LogP contribution in [0.15, 0.2) is 24.3 Å². The molecule has 5 nitrogen and oxygen atoms in total. The minimum absolute atomic E-state index is 0. The average molecular weight is 388 g/mol. The van der Waals surface area contributed by atoms with Gasteiger partial charge in [0.2, 0.25) is 5.91 Å². The third-order valence-electron chi connectivity index (χ3n) is 5.01. The molecule has 7 heteroatoms. The quantitative estimate of drug-likeness (QED) is 0.750. The number of hydrogen-bond acceptors (Lipinski definition) is 4. The van der Waals surface area contributed by atoms with Crippen LogP contribution in [0.1, 0.15) is 6.42 Å². The molecule has 25 heavy (non-hydrogen) atoms. The zero-order valence-electron chi connectivity index (χ0n) is 14.7. The van der Waals surface area contributed by atoms with E-state index in [4.69, 9.17) is 16.3 Å². The van der Waals surface area contributed by atoms with Gasteiger partial charge in [-0.25, -0.2) is 0 Å². The summed E-state index contributed by atoms with van der Waals surface area (Å²) in [7, 11) is 1.74. The van der Waals surface area contributed by atoms with E-state index in [1.807, 2.05) is 29.2 Å². The first-order valence-corrected chi connectivity index (χ1v) is 9.06. The molecule has 0 aliphatic carbocycles. The zero-order valence-corrected chi connectivity index (χ0v) is 16.3. The van der Waals surface area contributed by atoms with Gasteiger partial charge in [-0.2, -0.15) is 0 Å². The van der Waals surface area contributed by atoms with Crippen LogP contribution in [0.2, 0.25) is 5.02 Å². The normalized spacial score (nSPS) is 22.2. The standard InChI is InChI=1S/C18H26ClN3O2.ClH/c1-24-13-12-20-8-10-21(11-9-20)14-15-6-7-22(18(15)23)17-4-2-16(19)3-5-17;/h2-5,15H,6-14H2,1H3;1H/t15-;/m1./s1. The summed E-state index contributed by atoms with van der Waals surface area (Å²) in [6, 6.07) is 7.54. The molecule has 0 radical (unpaired) electrons. The van der Waals surface area contributed by atoms with Gasteiger partial charge in [-0.05, 0) is 30.7 Å². The molecule has 3 rings (SSSR count). The van der Waals surface area contributed by atoms with Gasteiger partial charge in [0.25, 0.3) is 0 Å². The lowest BCUT2D eigenvalue weighted by molar-refractivity contribution is -0.121. The van der Waals surface area contributed by atoms with Crippen LogP contribution in [0.5, 0.6) is 0 Å². The summed E-state index contributed by atoms with van der Waals surface area (Å²) < 4.78 is 5.14. The van der Waals surface area contributed by atoms with Gasteiger partial charge >= 0.3 is 0 Å². The lowest BCUT2D eigenvalue weighted by atomic mass is 10.1. The van der Waals surface area contributed by atoms with Crippen molar-refractivity contribution in [1.29, 1.82) is 0 Å². The van der Waals surface area contributed by atoms with Gasteiger partial charge in [0.1, 0.15) is 0 Å². The number of carbonyl (C=O) groups is 1. The number of amides is 1. The lowest BCUT2D eigenvalue weighted by Crippen LogP contribution is -2.49. The summed E-state index contributed by atoms with van der Waals surface area (Å²) in [6.07, 6.45) is 0.936. The summed E-state index contributed by atoms with van der Waals surface area (Å²) >= 11 is 5.93. The Bertz CT molecular complexity index is 548. The lowest BCUT2D eigenvalue weighted by Gasteiger charge is -2.35. The molecule has 0 unspecified atom stereocenters. The molecular formula is C18H27Cl2N3O2. The third kappa shape index (κ3) is 5.31. The van der Waals surface area contributed by atoms with Crippen molar-refractivity contribution >= 4 is 35.6 Å². The number of ether oxygens (including phenoxy) is 1. The van der Waals surface area contributed by atoms with Gasteiger partial charge < -0.3 is 14.5 Å². The Morgan fingerprint density at radius 3 is 2.36 bits per heavy atom. The zero-order chi connectivity index (χ0) is 16.9. The minimum Gasteiger partial charge on any atom is -0.383 e. The molecule has 0 saturated carbocycles. The Morgan fingerprint density at radius 1 is 1.08 bits per heavy atom. The molecule has 0 aromatic heterocycles. The predicted octanol–water partition coefficient (Wildman–Crippen LogP) is 2.38. The fourth-order valence-corrected chi connectivity index (χ4v) is 3.64. The summed E-state index contributed by atoms with van der Waals surface area (Å²) in [6.45, 7) is 7.66. The highest BCUT2D eigenvalue weighted by Crippen LogP contribution is 2.27. The van der Waals surface area contributed by atoms with Crippen molar-refractivity contribution in [3.05, 3.63) is 29.3 Å². The minimum atomic E-state index is 0. The molecule has 0 bridgehead atoms. The van der Waals surface area contributed by atoms with Crippen LogP contribution in [0.4, 0.5) is 5.69 Å². The number of anilines is 1. The molecule has 2 aliphatic rings. The third-order valence-corrected chi connectivity index (χ3v) is 5.26. The van der Waals surface area contributed by atoms with Crippen molar-refractivity contribution in [3.8, 4) is 0 Å². The van der Waals surface area contributed by atoms with Gasteiger partial charge in [-0.1, -0.05) is 11.6 Å². The molecule has 1 aromatic carbocycles. The van der Waals surface area contributed by atoms with Crippen LogP contribution in [0.3, 0.4) is 0 Å². The maximum absolute atomic E-state index is 12.7. The molecule has 2 fully saturated rings. The summed E-state index contributed by atoms with van der Waals surface area (Å²) in [5, 5.41) is 0.702. The SMILES string of the molecule is COCCN1CCN(C[C@H]2CCN(c3ccc(Cl)cc3)C2=O)CC1.Cl. The molecule has 1 amide bonds. The first-order valence-electron chi connectivity index (χ1n) is 8.68. The van der Waals surface area contributed by atoms with Crippen LogP contribution >= 0.6 is 24.0 Å². The second-order valence-corrected chi connectivity index (χ2v) is 7.02. The van der Waals surface area contributed by atoms with E-state index >= 15 is 0 Å². The number of carbonyl (C=O) groups excluding carboxylic acids is 1. The van der Waals surface area contributed by atoms with Crippen LogP contribution in [-0.4, -0.2) is 75.2 Å². The second kappa shape index (κ2) is 9.74. The van der Waals surface area contributed by atoms with Crippen molar-refractivity contribution in [3.63, 3.8) is 0 Å². The molecule has 1 aromatic rings. The Balaban J connectivity index is 0.00000225. The van der Waals surface area contributed by atoms with Crippen molar-refractivity contribution in [1.82, 2.24) is 9.80 Å². The van der Waals surface area contributed by atoms with Gasteiger partial charge in [0.05, 0.1) is 12.5 Å². The Morgan fingerprint density at radius 2 is 1.72 bits per heavy atom. The van der Waals surface area contributed by atoms with Crippen molar-refractivity contribution < 1.29 is 9.53 Å². The van der Waals surface area contributed by atoms with Gasteiger partial charge in [-0.3, -0.25) is 9.69 Å². The first-order chi connectivity index (χ1) is 11.7. The Kier molecular flexibility index (Phi) is 7.97. The highest BCUT2D eigenvalue weighted by atomic mass is 35.5. The largest absolute Gasteiger partial charge is 0.383 e.